The Balaban J connectivity index is 1.54. The lowest BCUT2D eigenvalue weighted by Gasteiger charge is -2.27. The number of nitrogens with one attached hydrogen (secondary N) is 1. The van der Waals surface area contributed by atoms with E-state index in [1.165, 1.54) is 22.9 Å². The van der Waals surface area contributed by atoms with Crippen LogP contribution in [0.5, 0.6) is 0 Å². The number of carbonyl (C=O) groups excluding carboxylic acids is 1. The van der Waals surface area contributed by atoms with Crippen LogP contribution in [-0.4, -0.2) is 42.4 Å². The van der Waals surface area contributed by atoms with Crippen LogP contribution in [0, 0.1) is 0 Å². The number of morpholine rings is 1. The van der Waals surface area contributed by atoms with Crippen molar-refractivity contribution in [1.82, 2.24) is 10.2 Å². The first-order chi connectivity index (χ1) is 13.1. The molecule has 1 aliphatic rings. The number of thioether (sulfide) groups is 1. The van der Waals surface area contributed by atoms with Crippen molar-refractivity contribution in [3.05, 3.63) is 64.7 Å². The topological polar surface area (TPSA) is 41.6 Å². The highest BCUT2D eigenvalue weighted by molar-refractivity contribution is 8.00. The third-order valence-corrected chi connectivity index (χ3v) is 5.93. The Bertz CT molecular complexity index is 748. The lowest BCUT2D eigenvalue weighted by atomic mass is 10.1. The molecule has 0 aromatic heterocycles. The van der Waals surface area contributed by atoms with Crippen LogP contribution in [0.4, 0.5) is 0 Å². The number of ether oxygens (including phenoxy) is 1. The summed E-state index contributed by atoms with van der Waals surface area (Å²) in [5.74, 6) is 0.0381. The molecule has 0 bridgehead atoms. The van der Waals surface area contributed by atoms with E-state index in [0.29, 0.717) is 11.6 Å². The van der Waals surface area contributed by atoms with Gasteiger partial charge in [0.2, 0.25) is 5.91 Å². The molecule has 0 aliphatic carbocycles. The summed E-state index contributed by atoms with van der Waals surface area (Å²) in [5, 5.41) is 3.61. The maximum absolute atomic E-state index is 12.5. The van der Waals surface area contributed by atoms with Crippen LogP contribution in [0.2, 0.25) is 5.02 Å². The van der Waals surface area contributed by atoms with Crippen molar-refractivity contribution < 1.29 is 9.53 Å². The summed E-state index contributed by atoms with van der Waals surface area (Å²) in [7, 11) is 0. The Hall–Kier alpha value is -1.53. The van der Waals surface area contributed by atoms with Gasteiger partial charge in [-0.1, -0.05) is 35.9 Å². The Morgan fingerprint density at radius 2 is 1.81 bits per heavy atom. The van der Waals surface area contributed by atoms with Gasteiger partial charge in [0.15, 0.2) is 0 Å². The van der Waals surface area contributed by atoms with Crippen molar-refractivity contribution in [3.63, 3.8) is 0 Å². The van der Waals surface area contributed by atoms with Gasteiger partial charge in [0.05, 0.1) is 18.5 Å². The van der Waals surface area contributed by atoms with E-state index >= 15 is 0 Å². The molecule has 2 aromatic rings. The van der Waals surface area contributed by atoms with Crippen LogP contribution in [0.25, 0.3) is 0 Å². The zero-order valence-electron chi connectivity index (χ0n) is 15.5. The molecule has 6 heteroatoms. The largest absolute Gasteiger partial charge is 0.379 e. The van der Waals surface area contributed by atoms with E-state index in [9.17, 15) is 4.79 Å². The summed E-state index contributed by atoms with van der Waals surface area (Å²) in [4.78, 5) is 15.9. The fourth-order valence-electron chi connectivity index (χ4n) is 2.98. The zero-order valence-corrected chi connectivity index (χ0v) is 17.1. The van der Waals surface area contributed by atoms with Crippen LogP contribution < -0.4 is 5.32 Å². The van der Waals surface area contributed by atoms with Crippen molar-refractivity contribution in [2.75, 3.05) is 26.3 Å². The van der Waals surface area contributed by atoms with Gasteiger partial charge in [-0.25, -0.2) is 0 Å². The maximum Gasteiger partial charge on any atom is 0.233 e. The van der Waals surface area contributed by atoms with Crippen molar-refractivity contribution in [1.29, 1.82) is 0 Å². The molecule has 1 fully saturated rings. The van der Waals surface area contributed by atoms with E-state index in [4.69, 9.17) is 16.3 Å². The average Bonchev–Trinajstić information content (AvgIpc) is 2.69. The minimum Gasteiger partial charge on any atom is -0.379 e. The van der Waals surface area contributed by atoms with Crippen molar-refractivity contribution in [2.24, 2.45) is 0 Å². The summed E-state index contributed by atoms with van der Waals surface area (Å²) >= 11 is 7.45. The van der Waals surface area contributed by atoms with Gasteiger partial charge < -0.3 is 10.1 Å². The van der Waals surface area contributed by atoms with Gasteiger partial charge in [0.25, 0.3) is 0 Å². The molecule has 27 heavy (non-hydrogen) atoms. The van der Waals surface area contributed by atoms with Gasteiger partial charge in [-0.05, 0) is 42.3 Å². The number of amides is 1. The number of halogens is 1. The molecular formula is C21H25ClN2O2S. The van der Waals surface area contributed by atoms with E-state index in [1.54, 1.807) is 0 Å². The molecule has 1 N–H and O–H groups in total. The zero-order chi connectivity index (χ0) is 19.1. The van der Waals surface area contributed by atoms with E-state index < -0.39 is 0 Å². The molecule has 0 spiro atoms. The van der Waals surface area contributed by atoms with Crippen LogP contribution in [0.1, 0.15) is 18.1 Å². The summed E-state index contributed by atoms with van der Waals surface area (Å²) in [6.45, 7) is 6.85. The Morgan fingerprint density at radius 1 is 1.15 bits per heavy atom. The molecule has 3 rings (SSSR count). The monoisotopic (exact) mass is 404 g/mol. The third kappa shape index (κ3) is 6.25. The van der Waals surface area contributed by atoms with Gasteiger partial charge in [-0.15, -0.1) is 11.8 Å². The van der Waals surface area contributed by atoms with Gasteiger partial charge in [0, 0.05) is 36.1 Å². The molecule has 1 amide bonds. The minimum atomic E-state index is -0.169. The van der Waals surface area contributed by atoms with Gasteiger partial charge in [0.1, 0.15) is 0 Å². The lowest BCUT2D eigenvalue weighted by Crippen LogP contribution is -2.36. The number of carbonyl (C=O) groups is 1. The second kappa shape index (κ2) is 10.1. The Labute approximate surface area is 170 Å². The number of rotatable bonds is 7. The highest BCUT2D eigenvalue weighted by Crippen LogP contribution is 2.25. The maximum atomic E-state index is 12.5. The van der Waals surface area contributed by atoms with Crippen molar-refractivity contribution >= 4 is 29.3 Å². The predicted octanol–water partition coefficient (Wildman–Crippen LogP) is 3.97. The highest BCUT2D eigenvalue weighted by Gasteiger charge is 2.16. The number of hydrogen-bond acceptors (Lipinski definition) is 4. The van der Waals surface area contributed by atoms with Crippen LogP contribution in [0.15, 0.2) is 53.4 Å². The molecule has 144 valence electrons. The Morgan fingerprint density at radius 3 is 2.52 bits per heavy atom. The van der Waals surface area contributed by atoms with Crippen LogP contribution in [0.3, 0.4) is 0 Å². The number of benzene rings is 2. The molecule has 2 aromatic carbocycles. The summed E-state index contributed by atoms with van der Waals surface area (Å²) < 4.78 is 5.42. The number of nitrogens with zero attached hydrogens (tertiary/aromatic N) is 1. The Kier molecular flexibility index (Phi) is 7.59. The SMILES string of the molecule is C[C@H](Sc1ccc(Cl)cc1)C(=O)NCc1ccccc1CN1CCOCC1. The smallest absolute Gasteiger partial charge is 0.233 e. The third-order valence-electron chi connectivity index (χ3n) is 4.56. The predicted molar refractivity (Wildman–Crippen MR) is 111 cm³/mol. The standard InChI is InChI=1S/C21H25ClN2O2S/c1-16(27-20-8-6-19(22)7-9-20)21(25)23-14-17-4-2-3-5-18(17)15-24-10-12-26-13-11-24/h2-9,16H,10-15H2,1H3,(H,23,25)/t16-/m0/s1. The molecule has 0 radical (unpaired) electrons. The molecule has 1 aliphatic heterocycles. The van der Waals surface area contributed by atoms with Gasteiger partial charge in [-0.2, -0.15) is 0 Å². The molecule has 1 heterocycles. The average molecular weight is 405 g/mol. The highest BCUT2D eigenvalue weighted by atomic mass is 35.5. The van der Waals surface area contributed by atoms with E-state index in [-0.39, 0.29) is 11.2 Å². The van der Waals surface area contributed by atoms with Gasteiger partial charge in [-0.3, -0.25) is 9.69 Å². The summed E-state index contributed by atoms with van der Waals surface area (Å²) in [6.07, 6.45) is 0. The van der Waals surface area contributed by atoms with Gasteiger partial charge >= 0.3 is 0 Å². The minimum absolute atomic E-state index is 0.0381. The second-order valence-electron chi connectivity index (χ2n) is 6.59. The van der Waals surface area contributed by atoms with E-state index in [0.717, 1.165) is 37.7 Å². The lowest BCUT2D eigenvalue weighted by molar-refractivity contribution is -0.120. The molecule has 1 atom stereocenters. The fourth-order valence-corrected chi connectivity index (χ4v) is 4.00. The molecular weight excluding hydrogens is 380 g/mol. The molecule has 0 saturated carbocycles. The quantitative estimate of drug-likeness (QED) is 0.709. The van der Waals surface area contributed by atoms with E-state index in [2.05, 4.69) is 28.4 Å². The van der Waals surface area contributed by atoms with Crippen molar-refractivity contribution in [3.8, 4) is 0 Å². The van der Waals surface area contributed by atoms with Crippen LogP contribution >= 0.6 is 23.4 Å². The van der Waals surface area contributed by atoms with E-state index in [1.807, 2.05) is 37.3 Å². The molecule has 4 nitrogen and oxygen atoms in total. The number of hydrogen-bond donors (Lipinski definition) is 1. The fraction of sp³-hybridized carbons (Fsp3) is 0.381. The normalized spacial score (nSPS) is 16.1. The first-order valence-electron chi connectivity index (χ1n) is 9.18. The summed E-state index contributed by atoms with van der Waals surface area (Å²) in [5.41, 5.74) is 2.43. The molecule has 0 unspecified atom stereocenters. The molecule has 1 saturated heterocycles. The van der Waals surface area contributed by atoms with Crippen LogP contribution in [-0.2, 0) is 22.6 Å². The summed E-state index contributed by atoms with van der Waals surface area (Å²) in [6, 6.07) is 15.9. The second-order valence-corrected chi connectivity index (χ2v) is 8.44. The van der Waals surface area contributed by atoms with Crippen molar-refractivity contribution in [2.45, 2.75) is 30.2 Å². The first kappa shape index (κ1) is 20.2. The first-order valence-corrected chi connectivity index (χ1v) is 10.4.